The molecule has 1 aromatic heterocycles. The minimum Gasteiger partial charge on any atom is -0.444 e. The Kier molecular flexibility index (Phi) is 4.98. The molecule has 0 radical (unpaired) electrons. The molecule has 1 atom stereocenters. The highest BCUT2D eigenvalue weighted by Gasteiger charge is 2.27. The van der Waals surface area contributed by atoms with Crippen LogP contribution in [-0.2, 0) is 18.2 Å². The van der Waals surface area contributed by atoms with E-state index in [4.69, 9.17) is 10.5 Å². The SMILES string of the molecule is Cn1ncc(N)c1CCC1CCCN(C(=O)OC(C)(C)C)C1. The van der Waals surface area contributed by atoms with Gasteiger partial charge in [-0.2, -0.15) is 5.10 Å². The Morgan fingerprint density at radius 1 is 1.50 bits per heavy atom. The predicted molar refractivity (Wildman–Crippen MR) is 86.5 cm³/mol. The smallest absolute Gasteiger partial charge is 0.410 e. The number of hydrogen-bond acceptors (Lipinski definition) is 4. The fraction of sp³-hybridized carbons (Fsp3) is 0.750. The summed E-state index contributed by atoms with van der Waals surface area (Å²) in [5, 5.41) is 4.17. The summed E-state index contributed by atoms with van der Waals surface area (Å²) in [5.41, 5.74) is 7.33. The summed E-state index contributed by atoms with van der Waals surface area (Å²) in [6, 6.07) is 0. The lowest BCUT2D eigenvalue weighted by molar-refractivity contribution is 0.0162. The van der Waals surface area contributed by atoms with Gasteiger partial charge in [0.25, 0.3) is 0 Å². The Hall–Kier alpha value is -1.72. The summed E-state index contributed by atoms with van der Waals surface area (Å²) < 4.78 is 7.30. The summed E-state index contributed by atoms with van der Waals surface area (Å²) in [6.45, 7) is 7.26. The van der Waals surface area contributed by atoms with Gasteiger partial charge in [0.1, 0.15) is 5.60 Å². The van der Waals surface area contributed by atoms with Gasteiger partial charge in [-0.3, -0.25) is 4.68 Å². The molecule has 124 valence electrons. The van der Waals surface area contributed by atoms with Gasteiger partial charge in [0.05, 0.1) is 17.6 Å². The van der Waals surface area contributed by atoms with Crippen LogP contribution >= 0.6 is 0 Å². The fourth-order valence-corrected chi connectivity index (χ4v) is 2.92. The van der Waals surface area contributed by atoms with Crippen LogP contribution in [0.1, 0.15) is 45.7 Å². The number of likely N-dealkylation sites (tertiary alicyclic amines) is 1. The molecule has 1 aliphatic rings. The second-order valence-corrected chi connectivity index (χ2v) is 7.14. The van der Waals surface area contributed by atoms with Crippen LogP contribution < -0.4 is 5.73 Å². The zero-order chi connectivity index (χ0) is 16.3. The van der Waals surface area contributed by atoms with Gasteiger partial charge in [0, 0.05) is 20.1 Å². The van der Waals surface area contributed by atoms with Crippen LogP contribution in [0.3, 0.4) is 0 Å². The summed E-state index contributed by atoms with van der Waals surface area (Å²) >= 11 is 0. The van der Waals surface area contributed by atoms with Gasteiger partial charge in [-0.15, -0.1) is 0 Å². The number of hydrogen-bond donors (Lipinski definition) is 1. The van der Waals surface area contributed by atoms with E-state index >= 15 is 0 Å². The molecule has 22 heavy (non-hydrogen) atoms. The molecule has 0 saturated carbocycles. The van der Waals surface area contributed by atoms with E-state index < -0.39 is 5.60 Å². The average Bonchev–Trinajstić information content (AvgIpc) is 2.74. The van der Waals surface area contributed by atoms with Gasteiger partial charge in [0.15, 0.2) is 0 Å². The van der Waals surface area contributed by atoms with Crippen molar-refractivity contribution in [1.29, 1.82) is 0 Å². The lowest BCUT2D eigenvalue weighted by Crippen LogP contribution is -2.43. The number of aryl methyl sites for hydroxylation is 1. The summed E-state index contributed by atoms with van der Waals surface area (Å²) in [4.78, 5) is 14.0. The van der Waals surface area contributed by atoms with Crippen molar-refractivity contribution in [3.05, 3.63) is 11.9 Å². The number of anilines is 1. The first-order chi connectivity index (χ1) is 10.3. The van der Waals surface area contributed by atoms with Crippen LogP contribution in [0.25, 0.3) is 0 Å². The summed E-state index contributed by atoms with van der Waals surface area (Å²) in [5.74, 6) is 0.496. The maximum absolute atomic E-state index is 12.2. The summed E-state index contributed by atoms with van der Waals surface area (Å²) in [7, 11) is 1.92. The van der Waals surface area contributed by atoms with Crippen molar-refractivity contribution in [2.45, 2.75) is 52.1 Å². The zero-order valence-electron chi connectivity index (χ0n) is 14.1. The summed E-state index contributed by atoms with van der Waals surface area (Å²) in [6.07, 6.45) is 5.60. The van der Waals surface area contributed by atoms with Crippen molar-refractivity contribution < 1.29 is 9.53 Å². The third-order valence-corrected chi connectivity index (χ3v) is 4.05. The number of carbonyl (C=O) groups is 1. The van der Waals surface area contributed by atoms with Gasteiger partial charge < -0.3 is 15.4 Å². The molecule has 6 nitrogen and oxygen atoms in total. The highest BCUT2D eigenvalue weighted by Crippen LogP contribution is 2.24. The highest BCUT2D eigenvalue weighted by molar-refractivity contribution is 5.68. The third-order valence-electron chi connectivity index (χ3n) is 4.05. The van der Waals surface area contributed by atoms with Crippen molar-refractivity contribution >= 4 is 11.8 Å². The molecule has 0 spiro atoms. The highest BCUT2D eigenvalue weighted by atomic mass is 16.6. The second-order valence-electron chi connectivity index (χ2n) is 7.14. The zero-order valence-corrected chi connectivity index (χ0v) is 14.1. The monoisotopic (exact) mass is 308 g/mol. The van der Waals surface area contributed by atoms with Gasteiger partial charge in [-0.1, -0.05) is 0 Å². The van der Waals surface area contributed by atoms with E-state index in [1.54, 1.807) is 6.20 Å². The molecule has 0 aromatic carbocycles. The molecule has 1 aromatic rings. The van der Waals surface area contributed by atoms with Gasteiger partial charge in [0.2, 0.25) is 0 Å². The molecule has 6 heteroatoms. The molecule has 1 saturated heterocycles. The first-order valence-corrected chi connectivity index (χ1v) is 8.00. The van der Waals surface area contributed by atoms with Crippen LogP contribution in [0.2, 0.25) is 0 Å². The Bertz CT molecular complexity index is 499. The van der Waals surface area contributed by atoms with E-state index in [-0.39, 0.29) is 6.09 Å². The number of piperidine rings is 1. The van der Waals surface area contributed by atoms with Crippen molar-refractivity contribution in [3.63, 3.8) is 0 Å². The minimum absolute atomic E-state index is 0.197. The van der Waals surface area contributed by atoms with Gasteiger partial charge in [-0.05, 0) is 52.4 Å². The number of ether oxygens (including phenoxy) is 1. The van der Waals surface area contributed by atoms with Crippen molar-refractivity contribution in [2.75, 3.05) is 18.8 Å². The largest absolute Gasteiger partial charge is 0.444 e. The van der Waals surface area contributed by atoms with E-state index in [9.17, 15) is 4.79 Å². The molecule has 2 heterocycles. The second kappa shape index (κ2) is 6.58. The van der Waals surface area contributed by atoms with E-state index in [0.29, 0.717) is 5.92 Å². The van der Waals surface area contributed by atoms with Crippen molar-refractivity contribution in [3.8, 4) is 0 Å². The molecular weight excluding hydrogens is 280 g/mol. The Morgan fingerprint density at radius 3 is 2.82 bits per heavy atom. The van der Waals surface area contributed by atoms with E-state index in [2.05, 4.69) is 5.10 Å². The maximum atomic E-state index is 12.2. The molecule has 1 amide bonds. The maximum Gasteiger partial charge on any atom is 0.410 e. The number of nitrogens with zero attached hydrogens (tertiary/aromatic N) is 3. The number of rotatable bonds is 3. The topological polar surface area (TPSA) is 73.4 Å². The number of nitrogens with two attached hydrogens (primary N) is 1. The average molecular weight is 308 g/mol. The molecule has 0 bridgehead atoms. The van der Waals surface area contributed by atoms with Crippen LogP contribution in [-0.4, -0.2) is 39.5 Å². The van der Waals surface area contributed by atoms with E-state index in [1.807, 2.05) is 37.4 Å². The van der Waals surface area contributed by atoms with Crippen LogP contribution in [0.5, 0.6) is 0 Å². The Morgan fingerprint density at radius 2 is 2.23 bits per heavy atom. The first kappa shape index (κ1) is 16.6. The molecule has 1 fully saturated rings. The van der Waals surface area contributed by atoms with Gasteiger partial charge >= 0.3 is 6.09 Å². The van der Waals surface area contributed by atoms with Crippen LogP contribution in [0.15, 0.2) is 6.20 Å². The molecule has 1 aliphatic heterocycles. The molecule has 0 aliphatic carbocycles. The number of carbonyl (C=O) groups excluding carboxylic acids is 1. The fourth-order valence-electron chi connectivity index (χ4n) is 2.92. The number of amides is 1. The first-order valence-electron chi connectivity index (χ1n) is 8.00. The van der Waals surface area contributed by atoms with Gasteiger partial charge in [-0.25, -0.2) is 4.79 Å². The van der Waals surface area contributed by atoms with Crippen LogP contribution in [0.4, 0.5) is 10.5 Å². The Balaban J connectivity index is 1.87. The number of aromatic nitrogens is 2. The third kappa shape index (κ3) is 4.39. The van der Waals surface area contributed by atoms with Crippen LogP contribution in [0, 0.1) is 5.92 Å². The van der Waals surface area contributed by atoms with Crippen molar-refractivity contribution in [2.24, 2.45) is 13.0 Å². The molecule has 2 rings (SSSR count). The predicted octanol–water partition coefficient (Wildman–Crippen LogP) is 2.58. The normalized spacial score (nSPS) is 19.3. The van der Waals surface area contributed by atoms with E-state index in [0.717, 1.165) is 50.2 Å². The minimum atomic E-state index is -0.437. The quantitative estimate of drug-likeness (QED) is 0.931. The molecule has 1 unspecified atom stereocenters. The molecular formula is C16H28N4O2. The lowest BCUT2D eigenvalue weighted by Gasteiger charge is -2.34. The Labute approximate surface area is 132 Å². The number of nitrogen functional groups attached to an aromatic ring is 1. The lowest BCUT2D eigenvalue weighted by atomic mass is 9.93. The van der Waals surface area contributed by atoms with E-state index in [1.165, 1.54) is 0 Å². The standard InChI is InChI=1S/C16H28N4O2/c1-16(2,3)22-15(21)20-9-5-6-12(11-20)7-8-14-13(17)10-18-19(14)4/h10,12H,5-9,11,17H2,1-4H3. The molecule has 2 N–H and O–H groups in total. The van der Waals surface area contributed by atoms with Crippen molar-refractivity contribution in [1.82, 2.24) is 14.7 Å².